The van der Waals surface area contributed by atoms with E-state index >= 15 is 0 Å². The van der Waals surface area contributed by atoms with Gasteiger partial charge in [-0.2, -0.15) is 0 Å². The standard InChI is InChI=1S/C20H22FN5O4/c1-24-18(10-27)26(16-7-22-17(12-29-2)23-19(16)24)20(28)25-8-13(9-25)11-30-15-5-3-14(21)4-6-15/h3-7,10,13,18H,8-9,11-12H2,1-2H3. The zero-order valence-electron chi connectivity index (χ0n) is 16.7. The number of halogens is 1. The van der Waals surface area contributed by atoms with Gasteiger partial charge in [-0.25, -0.2) is 19.2 Å². The van der Waals surface area contributed by atoms with Gasteiger partial charge in [-0.1, -0.05) is 0 Å². The van der Waals surface area contributed by atoms with E-state index in [0.717, 1.165) is 0 Å². The maximum atomic E-state index is 13.1. The molecule has 0 bridgehead atoms. The lowest BCUT2D eigenvalue weighted by Crippen LogP contribution is -2.59. The average molecular weight is 415 g/mol. The number of aromatic nitrogens is 2. The Bertz CT molecular complexity index is 935. The Labute approximate surface area is 173 Å². The molecule has 1 unspecified atom stereocenters. The third-order valence-electron chi connectivity index (χ3n) is 5.18. The van der Waals surface area contributed by atoms with E-state index in [2.05, 4.69) is 9.97 Å². The SMILES string of the molecule is COCc1ncc2c(n1)N(C)C(C=O)N2C(=O)N1CC(COc2ccc(F)cc2)C1. The van der Waals surface area contributed by atoms with Gasteiger partial charge in [-0.15, -0.1) is 0 Å². The molecule has 1 fully saturated rings. The van der Waals surface area contributed by atoms with Crippen molar-refractivity contribution < 1.29 is 23.5 Å². The Morgan fingerprint density at radius 2 is 2.03 bits per heavy atom. The second-order valence-corrected chi connectivity index (χ2v) is 7.28. The maximum absolute atomic E-state index is 13.1. The fourth-order valence-corrected chi connectivity index (χ4v) is 3.57. The number of fused-ring (bicyclic) bond motifs is 1. The van der Waals surface area contributed by atoms with Gasteiger partial charge in [0.2, 0.25) is 0 Å². The summed E-state index contributed by atoms with van der Waals surface area (Å²) in [4.78, 5) is 38.1. The predicted molar refractivity (Wildman–Crippen MR) is 106 cm³/mol. The van der Waals surface area contributed by atoms with Crippen molar-refractivity contribution in [2.75, 3.05) is 43.7 Å². The molecular weight excluding hydrogens is 393 g/mol. The highest BCUT2D eigenvalue weighted by molar-refractivity contribution is 6.03. The van der Waals surface area contributed by atoms with Crippen LogP contribution in [0.25, 0.3) is 0 Å². The molecule has 1 aromatic heterocycles. The smallest absolute Gasteiger partial charge is 0.326 e. The van der Waals surface area contributed by atoms with Gasteiger partial charge in [0.25, 0.3) is 0 Å². The molecule has 2 aromatic rings. The van der Waals surface area contributed by atoms with Crippen LogP contribution in [-0.4, -0.2) is 67.2 Å². The Balaban J connectivity index is 1.40. The summed E-state index contributed by atoms with van der Waals surface area (Å²) in [6.45, 7) is 1.67. The minimum Gasteiger partial charge on any atom is -0.493 e. The third kappa shape index (κ3) is 3.65. The van der Waals surface area contributed by atoms with Crippen LogP contribution in [0.1, 0.15) is 5.82 Å². The van der Waals surface area contributed by atoms with Gasteiger partial charge in [0, 0.05) is 33.2 Å². The highest BCUT2D eigenvalue weighted by Gasteiger charge is 2.44. The molecule has 30 heavy (non-hydrogen) atoms. The second kappa shape index (κ2) is 8.23. The van der Waals surface area contributed by atoms with Gasteiger partial charge in [0.1, 0.15) is 23.9 Å². The number of ether oxygens (including phenoxy) is 2. The minimum absolute atomic E-state index is 0.161. The van der Waals surface area contributed by atoms with E-state index in [-0.39, 0.29) is 24.4 Å². The van der Waals surface area contributed by atoms with E-state index in [1.54, 1.807) is 42.3 Å². The summed E-state index contributed by atoms with van der Waals surface area (Å²) in [6.07, 6.45) is 1.47. The monoisotopic (exact) mass is 415 g/mol. The number of amides is 2. The molecular formula is C20H22FN5O4. The summed E-state index contributed by atoms with van der Waals surface area (Å²) in [6, 6.07) is 5.54. The summed E-state index contributed by atoms with van der Waals surface area (Å²) in [5.74, 6) is 1.42. The van der Waals surface area contributed by atoms with Crippen LogP contribution in [0.15, 0.2) is 30.5 Å². The first kappa shape index (κ1) is 20.0. The number of urea groups is 1. The fraction of sp³-hybridized carbons (Fsp3) is 0.400. The molecule has 1 aromatic carbocycles. The van der Waals surface area contributed by atoms with Gasteiger partial charge in [0.15, 0.2) is 24.1 Å². The van der Waals surface area contributed by atoms with E-state index in [0.29, 0.717) is 49.1 Å². The molecule has 0 N–H and O–H groups in total. The number of rotatable bonds is 6. The van der Waals surface area contributed by atoms with Crippen LogP contribution < -0.4 is 14.5 Å². The number of likely N-dealkylation sites (N-methyl/N-ethyl adjacent to an activating group) is 1. The quantitative estimate of drug-likeness (QED) is 0.663. The maximum Gasteiger partial charge on any atom is 0.326 e. The Morgan fingerprint density at radius 3 is 2.70 bits per heavy atom. The number of benzene rings is 1. The number of methoxy groups -OCH3 is 1. The molecule has 0 radical (unpaired) electrons. The molecule has 1 saturated heterocycles. The molecule has 2 aliphatic rings. The van der Waals surface area contributed by atoms with Crippen molar-refractivity contribution in [3.63, 3.8) is 0 Å². The number of carbonyl (C=O) groups excluding carboxylic acids is 2. The van der Waals surface area contributed by atoms with Crippen molar-refractivity contribution in [3.05, 3.63) is 42.1 Å². The molecule has 2 amide bonds. The number of likely N-dealkylation sites (tertiary alicyclic amines) is 1. The van der Waals surface area contributed by atoms with Gasteiger partial charge in [0.05, 0.1) is 12.8 Å². The first-order valence-electron chi connectivity index (χ1n) is 9.51. The lowest BCUT2D eigenvalue weighted by molar-refractivity contribution is -0.108. The summed E-state index contributed by atoms with van der Waals surface area (Å²) in [5, 5.41) is 0. The average Bonchev–Trinajstić information content (AvgIpc) is 2.99. The van der Waals surface area contributed by atoms with Gasteiger partial charge < -0.3 is 19.3 Å². The van der Waals surface area contributed by atoms with Crippen molar-refractivity contribution in [1.29, 1.82) is 0 Å². The highest BCUT2D eigenvalue weighted by Crippen LogP contribution is 2.37. The number of hydrogen-bond donors (Lipinski definition) is 0. The molecule has 10 heteroatoms. The number of hydrogen-bond acceptors (Lipinski definition) is 7. The zero-order valence-corrected chi connectivity index (χ0v) is 16.7. The second-order valence-electron chi connectivity index (χ2n) is 7.28. The van der Waals surface area contributed by atoms with Crippen LogP contribution in [0.4, 0.5) is 20.7 Å². The third-order valence-corrected chi connectivity index (χ3v) is 5.18. The number of anilines is 2. The zero-order chi connectivity index (χ0) is 21.3. The fourth-order valence-electron chi connectivity index (χ4n) is 3.57. The first-order chi connectivity index (χ1) is 14.5. The lowest BCUT2D eigenvalue weighted by atomic mass is 10.0. The molecule has 0 spiro atoms. The summed E-state index contributed by atoms with van der Waals surface area (Å²) in [5.41, 5.74) is 0.491. The normalized spacial score (nSPS) is 18.2. The van der Waals surface area contributed by atoms with Crippen LogP contribution in [0.2, 0.25) is 0 Å². The molecule has 4 rings (SSSR count). The largest absolute Gasteiger partial charge is 0.493 e. The number of carbonyl (C=O) groups is 2. The Morgan fingerprint density at radius 1 is 1.30 bits per heavy atom. The molecule has 3 heterocycles. The highest BCUT2D eigenvalue weighted by atomic mass is 19.1. The molecule has 9 nitrogen and oxygen atoms in total. The van der Waals surface area contributed by atoms with Crippen molar-refractivity contribution in [2.45, 2.75) is 12.8 Å². The van der Waals surface area contributed by atoms with Crippen LogP contribution in [0, 0.1) is 11.7 Å². The van der Waals surface area contributed by atoms with Crippen LogP contribution >= 0.6 is 0 Å². The van der Waals surface area contributed by atoms with Crippen molar-refractivity contribution in [2.24, 2.45) is 5.92 Å². The summed E-state index contributed by atoms with van der Waals surface area (Å²) in [7, 11) is 3.26. The molecule has 0 saturated carbocycles. The van der Waals surface area contributed by atoms with Gasteiger partial charge >= 0.3 is 6.03 Å². The number of nitrogens with zero attached hydrogens (tertiary/aromatic N) is 5. The van der Waals surface area contributed by atoms with Gasteiger partial charge in [-0.3, -0.25) is 9.69 Å². The topological polar surface area (TPSA) is 88.1 Å². The molecule has 158 valence electrons. The van der Waals surface area contributed by atoms with E-state index in [4.69, 9.17) is 9.47 Å². The minimum atomic E-state index is -0.783. The predicted octanol–water partition coefficient (Wildman–Crippen LogP) is 1.67. The van der Waals surface area contributed by atoms with E-state index in [1.807, 2.05) is 0 Å². The van der Waals surface area contributed by atoms with E-state index < -0.39 is 6.17 Å². The molecule has 0 aliphatic carbocycles. The Hall–Kier alpha value is -3.27. The van der Waals surface area contributed by atoms with Crippen LogP contribution in [-0.2, 0) is 16.1 Å². The van der Waals surface area contributed by atoms with Crippen molar-refractivity contribution in [1.82, 2.24) is 14.9 Å². The van der Waals surface area contributed by atoms with Crippen molar-refractivity contribution >= 4 is 23.8 Å². The first-order valence-corrected chi connectivity index (χ1v) is 9.51. The van der Waals surface area contributed by atoms with Gasteiger partial charge in [-0.05, 0) is 24.3 Å². The van der Waals surface area contributed by atoms with Crippen molar-refractivity contribution in [3.8, 4) is 5.75 Å². The van der Waals surface area contributed by atoms with Crippen LogP contribution in [0.3, 0.4) is 0 Å². The Kier molecular flexibility index (Phi) is 5.49. The number of aldehydes is 1. The van der Waals surface area contributed by atoms with E-state index in [1.165, 1.54) is 17.0 Å². The summed E-state index contributed by atoms with van der Waals surface area (Å²) >= 11 is 0. The molecule has 1 atom stereocenters. The molecule has 2 aliphatic heterocycles. The summed E-state index contributed by atoms with van der Waals surface area (Å²) < 4.78 is 23.7. The van der Waals surface area contributed by atoms with Crippen LogP contribution in [0.5, 0.6) is 5.75 Å². The lowest BCUT2D eigenvalue weighted by Gasteiger charge is -2.41. The van der Waals surface area contributed by atoms with E-state index in [9.17, 15) is 14.0 Å².